The van der Waals surface area contributed by atoms with Crippen molar-refractivity contribution >= 4 is 21.4 Å². The van der Waals surface area contributed by atoms with E-state index in [2.05, 4.69) is 15.0 Å². The molecule has 3 N–H and O–H groups in total. The maximum atomic E-state index is 11.9. The predicted molar refractivity (Wildman–Crippen MR) is 72.0 cm³/mol. The van der Waals surface area contributed by atoms with Crippen LogP contribution < -0.4 is 10.5 Å². The molecule has 0 aliphatic rings. The SMILES string of the molecule is NCc1ccc(S(=O)(=O)NCCCn2ccnn2)s1. The minimum atomic E-state index is -3.42. The highest BCUT2D eigenvalue weighted by Crippen LogP contribution is 2.20. The van der Waals surface area contributed by atoms with Crippen molar-refractivity contribution in [2.24, 2.45) is 5.73 Å². The number of nitrogens with zero attached hydrogens (tertiary/aromatic N) is 3. The first-order valence-corrected chi connectivity index (χ1v) is 8.04. The van der Waals surface area contributed by atoms with Gasteiger partial charge < -0.3 is 5.73 Å². The molecule has 0 aliphatic carbocycles. The van der Waals surface area contributed by atoms with E-state index in [0.717, 1.165) is 4.88 Å². The van der Waals surface area contributed by atoms with Gasteiger partial charge in [0.1, 0.15) is 4.21 Å². The molecule has 0 saturated heterocycles. The summed E-state index contributed by atoms with van der Waals surface area (Å²) in [6, 6.07) is 3.31. The first-order chi connectivity index (χ1) is 9.12. The number of aromatic nitrogens is 3. The summed E-state index contributed by atoms with van der Waals surface area (Å²) < 4.78 is 28.4. The Kier molecular flexibility index (Phi) is 4.64. The summed E-state index contributed by atoms with van der Waals surface area (Å²) in [6.07, 6.45) is 3.98. The van der Waals surface area contributed by atoms with E-state index in [1.807, 2.05) is 0 Å². The van der Waals surface area contributed by atoms with Crippen LogP contribution in [0.3, 0.4) is 0 Å². The molecule has 2 rings (SSSR count). The van der Waals surface area contributed by atoms with Gasteiger partial charge in [-0.3, -0.25) is 4.68 Å². The highest BCUT2D eigenvalue weighted by Gasteiger charge is 2.15. The average molecular weight is 301 g/mol. The minimum Gasteiger partial charge on any atom is -0.326 e. The Morgan fingerprint density at radius 2 is 2.26 bits per heavy atom. The normalized spacial score (nSPS) is 11.8. The second-order valence-corrected chi connectivity index (χ2v) is 7.00. The van der Waals surface area contributed by atoms with Crippen molar-refractivity contribution in [3.8, 4) is 0 Å². The fraction of sp³-hybridized carbons (Fsp3) is 0.400. The zero-order valence-corrected chi connectivity index (χ0v) is 11.8. The first kappa shape index (κ1) is 14.1. The van der Waals surface area contributed by atoms with Gasteiger partial charge in [-0.1, -0.05) is 5.21 Å². The Bertz CT molecular complexity index is 606. The molecule has 104 valence electrons. The van der Waals surface area contributed by atoms with Gasteiger partial charge in [0.05, 0.1) is 6.20 Å². The molecule has 0 spiro atoms. The van der Waals surface area contributed by atoms with Crippen LogP contribution in [0.4, 0.5) is 0 Å². The molecule has 9 heteroatoms. The fourth-order valence-corrected chi connectivity index (χ4v) is 3.84. The Morgan fingerprint density at radius 3 is 2.89 bits per heavy atom. The second kappa shape index (κ2) is 6.24. The van der Waals surface area contributed by atoms with E-state index < -0.39 is 10.0 Å². The van der Waals surface area contributed by atoms with Crippen molar-refractivity contribution in [2.45, 2.75) is 23.7 Å². The summed E-state index contributed by atoms with van der Waals surface area (Å²) in [5.41, 5.74) is 5.46. The first-order valence-electron chi connectivity index (χ1n) is 5.74. The Hall–Kier alpha value is -1.29. The van der Waals surface area contributed by atoms with Crippen LogP contribution in [0.25, 0.3) is 0 Å². The monoisotopic (exact) mass is 301 g/mol. The molecule has 0 fully saturated rings. The molecule has 0 saturated carbocycles. The van der Waals surface area contributed by atoms with E-state index in [9.17, 15) is 8.42 Å². The molecule has 0 atom stereocenters. The number of rotatable bonds is 7. The second-order valence-electron chi connectivity index (χ2n) is 3.84. The van der Waals surface area contributed by atoms with E-state index in [1.165, 1.54) is 11.3 Å². The van der Waals surface area contributed by atoms with Crippen LogP contribution in [0.1, 0.15) is 11.3 Å². The molecule has 2 heterocycles. The molecule has 0 radical (unpaired) electrons. The van der Waals surface area contributed by atoms with E-state index >= 15 is 0 Å². The molecule has 2 aromatic rings. The molecular formula is C10H15N5O2S2. The average Bonchev–Trinajstić information content (AvgIpc) is 3.05. The van der Waals surface area contributed by atoms with Crippen LogP contribution in [0.2, 0.25) is 0 Å². The quantitative estimate of drug-likeness (QED) is 0.709. The summed E-state index contributed by atoms with van der Waals surface area (Å²) in [5, 5.41) is 7.47. The van der Waals surface area contributed by atoms with Gasteiger partial charge in [0.2, 0.25) is 10.0 Å². The summed E-state index contributed by atoms with van der Waals surface area (Å²) in [4.78, 5) is 0.850. The van der Waals surface area contributed by atoms with Gasteiger partial charge in [-0.15, -0.1) is 16.4 Å². The molecule has 0 unspecified atom stereocenters. The standard InChI is InChI=1S/C10H15N5O2S2/c11-8-9-2-3-10(18-9)19(16,17)13-4-1-6-15-7-5-12-14-15/h2-3,5,7,13H,1,4,6,8,11H2. The van der Waals surface area contributed by atoms with Crippen molar-refractivity contribution in [2.75, 3.05) is 6.54 Å². The highest BCUT2D eigenvalue weighted by molar-refractivity contribution is 7.91. The molecule has 7 nitrogen and oxygen atoms in total. The van der Waals surface area contributed by atoms with E-state index in [1.54, 1.807) is 29.2 Å². The smallest absolute Gasteiger partial charge is 0.250 e. The molecule has 0 amide bonds. The van der Waals surface area contributed by atoms with Crippen molar-refractivity contribution in [3.63, 3.8) is 0 Å². The van der Waals surface area contributed by atoms with Crippen molar-refractivity contribution in [1.29, 1.82) is 0 Å². The van der Waals surface area contributed by atoms with Crippen LogP contribution in [0.5, 0.6) is 0 Å². The third kappa shape index (κ3) is 3.83. The van der Waals surface area contributed by atoms with Gasteiger partial charge in [0.15, 0.2) is 0 Å². The number of hydrogen-bond donors (Lipinski definition) is 2. The maximum Gasteiger partial charge on any atom is 0.250 e. The van der Waals surface area contributed by atoms with E-state index in [4.69, 9.17) is 5.73 Å². The van der Waals surface area contributed by atoms with Crippen LogP contribution >= 0.6 is 11.3 Å². The molecule has 19 heavy (non-hydrogen) atoms. The summed E-state index contributed by atoms with van der Waals surface area (Å²) in [6.45, 7) is 1.34. The molecule has 0 aromatic carbocycles. The number of nitrogens with one attached hydrogen (secondary N) is 1. The van der Waals surface area contributed by atoms with Gasteiger partial charge in [-0.25, -0.2) is 13.1 Å². The van der Waals surface area contributed by atoms with Gasteiger partial charge in [0.25, 0.3) is 0 Å². The van der Waals surface area contributed by atoms with Gasteiger partial charge in [-0.05, 0) is 18.6 Å². The maximum absolute atomic E-state index is 11.9. The molecular weight excluding hydrogens is 286 g/mol. The topological polar surface area (TPSA) is 103 Å². The van der Waals surface area contributed by atoms with Gasteiger partial charge in [-0.2, -0.15) is 0 Å². The lowest BCUT2D eigenvalue weighted by Gasteiger charge is -2.04. The Labute approximate surface area is 115 Å². The van der Waals surface area contributed by atoms with Gasteiger partial charge >= 0.3 is 0 Å². The number of nitrogens with two attached hydrogens (primary N) is 1. The predicted octanol–water partition coefficient (Wildman–Crippen LogP) is 0.167. The zero-order chi connectivity index (χ0) is 13.7. The number of aryl methyl sites for hydroxylation is 1. The highest BCUT2D eigenvalue weighted by atomic mass is 32.2. The van der Waals surface area contributed by atoms with Crippen LogP contribution in [0, 0.1) is 0 Å². The lowest BCUT2D eigenvalue weighted by molar-refractivity contribution is 0.543. The number of sulfonamides is 1. The van der Waals surface area contributed by atoms with Crippen molar-refractivity contribution in [3.05, 3.63) is 29.4 Å². The molecule has 2 aromatic heterocycles. The Balaban J connectivity index is 1.84. The van der Waals surface area contributed by atoms with Crippen LogP contribution in [-0.2, 0) is 23.1 Å². The minimum absolute atomic E-state index is 0.300. The molecule has 0 bridgehead atoms. The van der Waals surface area contributed by atoms with Crippen LogP contribution in [-0.4, -0.2) is 30.0 Å². The van der Waals surface area contributed by atoms with E-state index in [0.29, 0.717) is 30.3 Å². The number of hydrogen-bond acceptors (Lipinski definition) is 6. The largest absolute Gasteiger partial charge is 0.326 e. The third-order valence-corrected chi connectivity index (χ3v) is 5.49. The zero-order valence-electron chi connectivity index (χ0n) is 10.2. The van der Waals surface area contributed by atoms with Crippen molar-refractivity contribution < 1.29 is 8.42 Å². The van der Waals surface area contributed by atoms with E-state index in [-0.39, 0.29) is 0 Å². The number of thiophene rings is 1. The summed E-state index contributed by atoms with van der Waals surface area (Å²) in [5.74, 6) is 0. The lowest BCUT2D eigenvalue weighted by Crippen LogP contribution is -2.24. The summed E-state index contributed by atoms with van der Waals surface area (Å²) >= 11 is 1.19. The van der Waals surface area contributed by atoms with Crippen LogP contribution in [0.15, 0.2) is 28.7 Å². The van der Waals surface area contributed by atoms with Gasteiger partial charge in [0, 0.05) is 30.7 Å². The summed E-state index contributed by atoms with van der Waals surface area (Å²) in [7, 11) is -3.42. The molecule has 0 aliphatic heterocycles. The van der Waals surface area contributed by atoms with Crippen molar-refractivity contribution in [1.82, 2.24) is 19.7 Å². The lowest BCUT2D eigenvalue weighted by atomic mass is 10.4. The third-order valence-electron chi connectivity index (χ3n) is 2.43. The Morgan fingerprint density at radius 1 is 1.42 bits per heavy atom. The fourth-order valence-electron chi connectivity index (χ4n) is 1.48.